The van der Waals surface area contributed by atoms with Gasteiger partial charge in [0.05, 0.1) is 5.69 Å². The highest BCUT2D eigenvalue weighted by molar-refractivity contribution is 7.13. The third-order valence-electron chi connectivity index (χ3n) is 4.45. The van der Waals surface area contributed by atoms with E-state index in [0.29, 0.717) is 5.69 Å². The molecule has 23 heavy (non-hydrogen) atoms. The van der Waals surface area contributed by atoms with Gasteiger partial charge in [-0.25, -0.2) is 4.98 Å². The van der Waals surface area contributed by atoms with Gasteiger partial charge in [-0.1, -0.05) is 18.2 Å². The van der Waals surface area contributed by atoms with Crippen molar-refractivity contribution >= 4 is 22.9 Å². The van der Waals surface area contributed by atoms with Crippen LogP contribution in [0.5, 0.6) is 0 Å². The minimum Gasteiger partial charge on any atom is -0.346 e. The summed E-state index contributed by atoms with van der Waals surface area (Å²) in [7, 11) is 2.02. The van der Waals surface area contributed by atoms with Crippen LogP contribution in [0.15, 0.2) is 41.8 Å². The Kier molecular flexibility index (Phi) is 3.31. The second-order valence-electron chi connectivity index (χ2n) is 5.79. The van der Waals surface area contributed by atoms with Gasteiger partial charge in [0, 0.05) is 30.4 Å². The van der Waals surface area contributed by atoms with E-state index in [2.05, 4.69) is 28.6 Å². The molecule has 3 aromatic rings. The van der Waals surface area contributed by atoms with E-state index in [1.54, 1.807) is 0 Å². The number of para-hydroxylation sites is 1. The van der Waals surface area contributed by atoms with E-state index in [-0.39, 0.29) is 5.91 Å². The Labute approximate surface area is 139 Å². The molecule has 4 nitrogen and oxygen atoms in total. The summed E-state index contributed by atoms with van der Waals surface area (Å²) in [6.07, 6.45) is 0.913. The van der Waals surface area contributed by atoms with Gasteiger partial charge in [-0.15, -0.1) is 11.3 Å². The number of rotatable bonds is 2. The lowest BCUT2D eigenvalue weighted by atomic mass is 10.2. The highest BCUT2D eigenvalue weighted by Gasteiger charge is 2.27. The Morgan fingerprint density at radius 1 is 1.22 bits per heavy atom. The van der Waals surface area contributed by atoms with Crippen molar-refractivity contribution in [1.29, 1.82) is 0 Å². The van der Waals surface area contributed by atoms with E-state index >= 15 is 0 Å². The molecule has 0 bridgehead atoms. The lowest BCUT2D eigenvalue weighted by Crippen LogP contribution is -2.29. The number of anilines is 1. The van der Waals surface area contributed by atoms with Crippen LogP contribution in [0.2, 0.25) is 0 Å². The fourth-order valence-electron chi connectivity index (χ4n) is 3.00. The number of hydrogen-bond acceptors (Lipinski definition) is 3. The highest BCUT2D eigenvalue weighted by Crippen LogP contribution is 2.30. The number of thiazole rings is 1. The molecule has 0 atom stereocenters. The quantitative estimate of drug-likeness (QED) is 0.722. The van der Waals surface area contributed by atoms with E-state index in [0.717, 1.165) is 29.4 Å². The van der Waals surface area contributed by atoms with Crippen molar-refractivity contribution < 1.29 is 4.79 Å². The SMILES string of the molecule is Cc1ccc(-c2nc(C(=O)N3CCc4ccccc43)cs2)n1C. The van der Waals surface area contributed by atoms with Crippen molar-refractivity contribution in [2.75, 3.05) is 11.4 Å². The number of aryl methyl sites for hydroxylation is 1. The number of hydrogen-bond donors (Lipinski definition) is 0. The lowest BCUT2D eigenvalue weighted by Gasteiger charge is -2.15. The van der Waals surface area contributed by atoms with Gasteiger partial charge >= 0.3 is 0 Å². The average Bonchev–Trinajstić information content (AvgIpc) is 3.27. The lowest BCUT2D eigenvalue weighted by molar-refractivity contribution is 0.0985. The predicted molar refractivity (Wildman–Crippen MR) is 93.1 cm³/mol. The van der Waals surface area contributed by atoms with E-state index < -0.39 is 0 Å². The zero-order valence-corrected chi connectivity index (χ0v) is 13.9. The van der Waals surface area contributed by atoms with Gasteiger partial charge in [-0.2, -0.15) is 0 Å². The molecule has 0 radical (unpaired) electrons. The van der Waals surface area contributed by atoms with Crippen LogP contribution in [0.1, 0.15) is 21.7 Å². The van der Waals surface area contributed by atoms with Crippen molar-refractivity contribution in [2.45, 2.75) is 13.3 Å². The van der Waals surface area contributed by atoms with Crippen LogP contribution in [-0.2, 0) is 13.5 Å². The molecule has 1 aromatic carbocycles. The molecule has 2 aromatic heterocycles. The van der Waals surface area contributed by atoms with Crippen LogP contribution in [0, 0.1) is 6.92 Å². The second-order valence-corrected chi connectivity index (χ2v) is 6.65. The summed E-state index contributed by atoms with van der Waals surface area (Å²) in [6, 6.07) is 12.2. The molecule has 1 aliphatic heterocycles. The fourth-order valence-corrected chi connectivity index (χ4v) is 3.86. The third-order valence-corrected chi connectivity index (χ3v) is 5.31. The maximum Gasteiger partial charge on any atom is 0.277 e. The molecule has 1 amide bonds. The Hall–Kier alpha value is -2.40. The highest BCUT2D eigenvalue weighted by atomic mass is 32.1. The predicted octanol–water partition coefficient (Wildman–Crippen LogP) is 3.66. The molecule has 0 aliphatic carbocycles. The molecule has 0 saturated heterocycles. The Morgan fingerprint density at radius 2 is 2.04 bits per heavy atom. The van der Waals surface area contributed by atoms with E-state index in [1.807, 2.05) is 41.6 Å². The number of nitrogens with zero attached hydrogens (tertiary/aromatic N) is 3. The summed E-state index contributed by atoms with van der Waals surface area (Å²) >= 11 is 1.52. The molecule has 0 unspecified atom stereocenters. The second kappa shape index (κ2) is 5.35. The summed E-state index contributed by atoms with van der Waals surface area (Å²) in [5.74, 6) is -0.0108. The van der Waals surface area contributed by atoms with Gasteiger partial charge in [0.1, 0.15) is 10.7 Å². The fraction of sp³-hybridized carbons (Fsp3) is 0.222. The molecule has 116 valence electrons. The first-order valence-corrected chi connectivity index (χ1v) is 8.51. The Bertz CT molecular complexity index is 893. The van der Waals surface area contributed by atoms with Crippen LogP contribution in [0.3, 0.4) is 0 Å². The summed E-state index contributed by atoms with van der Waals surface area (Å²) < 4.78 is 2.10. The van der Waals surface area contributed by atoms with Crippen LogP contribution in [-0.4, -0.2) is 22.0 Å². The van der Waals surface area contributed by atoms with Crippen LogP contribution in [0.4, 0.5) is 5.69 Å². The number of fused-ring (bicyclic) bond motifs is 1. The molecule has 0 N–H and O–H groups in total. The van der Waals surface area contributed by atoms with Crippen LogP contribution < -0.4 is 4.90 Å². The summed E-state index contributed by atoms with van der Waals surface area (Å²) in [6.45, 7) is 2.79. The molecule has 5 heteroatoms. The van der Waals surface area contributed by atoms with Gasteiger partial charge in [0.2, 0.25) is 0 Å². The summed E-state index contributed by atoms with van der Waals surface area (Å²) in [5, 5.41) is 2.75. The molecule has 0 spiro atoms. The molecule has 4 rings (SSSR count). The molecular formula is C18H17N3OS. The van der Waals surface area contributed by atoms with Crippen LogP contribution in [0.25, 0.3) is 10.7 Å². The van der Waals surface area contributed by atoms with Gasteiger partial charge in [0.25, 0.3) is 5.91 Å². The number of benzene rings is 1. The van der Waals surface area contributed by atoms with Crippen molar-refractivity contribution in [3.8, 4) is 10.7 Å². The van der Waals surface area contributed by atoms with Crippen molar-refractivity contribution in [3.63, 3.8) is 0 Å². The number of aromatic nitrogens is 2. The minimum absolute atomic E-state index is 0.0108. The standard InChI is InChI=1S/C18H17N3OS/c1-12-7-8-16(20(12)2)17-19-14(11-23-17)18(22)21-10-9-13-5-3-4-6-15(13)21/h3-8,11H,9-10H2,1-2H3. The van der Waals surface area contributed by atoms with E-state index in [9.17, 15) is 4.79 Å². The minimum atomic E-state index is -0.0108. The summed E-state index contributed by atoms with van der Waals surface area (Å²) in [4.78, 5) is 19.2. The normalized spacial score (nSPS) is 13.4. The molecule has 0 saturated carbocycles. The molecule has 3 heterocycles. The van der Waals surface area contributed by atoms with Gasteiger partial charge < -0.3 is 9.47 Å². The molecule has 0 fully saturated rings. The summed E-state index contributed by atoms with van der Waals surface area (Å²) in [5.41, 5.74) is 5.00. The largest absolute Gasteiger partial charge is 0.346 e. The molecular weight excluding hydrogens is 306 g/mol. The monoisotopic (exact) mass is 323 g/mol. The van der Waals surface area contributed by atoms with E-state index in [1.165, 1.54) is 22.6 Å². The third kappa shape index (κ3) is 2.28. The number of carbonyl (C=O) groups is 1. The smallest absolute Gasteiger partial charge is 0.277 e. The van der Waals surface area contributed by atoms with Crippen molar-refractivity contribution in [1.82, 2.24) is 9.55 Å². The first kappa shape index (κ1) is 14.2. The van der Waals surface area contributed by atoms with Crippen LogP contribution >= 0.6 is 11.3 Å². The topological polar surface area (TPSA) is 38.1 Å². The first-order chi connectivity index (χ1) is 11.1. The van der Waals surface area contributed by atoms with Gasteiger partial charge in [-0.3, -0.25) is 4.79 Å². The van der Waals surface area contributed by atoms with E-state index in [4.69, 9.17) is 0 Å². The maximum atomic E-state index is 12.8. The average molecular weight is 323 g/mol. The zero-order chi connectivity index (χ0) is 16.0. The van der Waals surface area contributed by atoms with Crippen molar-refractivity contribution in [3.05, 3.63) is 58.7 Å². The van der Waals surface area contributed by atoms with Gasteiger partial charge in [-0.05, 0) is 37.1 Å². The molecule has 1 aliphatic rings. The van der Waals surface area contributed by atoms with Crippen molar-refractivity contribution in [2.24, 2.45) is 7.05 Å². The Balaban J connectivity index is 1.65. The zero-order valence-electron chi connectivity index (χ0n) is 13.1. The maximum absolute atomic E-state index is 12.8. The van der Waals surface area contributed by atoms with Gasteiger partial charge in [0.15, 0.2) is 0 Å². The number of carbonyl (C=O) groups excluding carboxylic acids is 1. The Morgan fingerprint density at radius 3 is 2.83 bits per heavy atom. The first-order valence-electron chi connectivity index (χ1n) is 7.63. The number of amides is 1.